The number of nitrogens with zero attached hydrogens (tertiary/aromatic N) is 1. The quantitative estimate of drug-likeness (QED) is 0.244. The molecule has 0 unspecified atom stereocenters. The average molecular weight is 657 g/mol. The van der Waals surface area contributed by atoms with E-state index < -0.39 is 58.4 Å². The molecule has 1 amide bonds. The molecular weight excluding hydrogens is 623 g/mol. The molecule has 0 aromatic heterocycles. The zero-order valence-corrected chi connectivity index (χ0v) is 25.2. The van der Waals surface area contributed by atoms with Crippen molar-refractivity contribution in [1.82, 2.24) is 5.32 Å². The number of alkyl halides is 5. The third-order valence-electron chi connectivity index (χ3n) is 7.36. The van der Waals surface area contributed by atoms with E-state index in [0.717, 1.165) is 12.1 Å². The summed E-state index contributed by atoms with van der Waals surface area (Å²) in [5.74, 6) is -0.380. The Bertz CT molecular complexity index is 1540. The Morgan fingerprint density at radius 1 is 1.00 bits per heavy atom. The van der Waals surface area contributed by atoms with E-state index in [1.54, 1.807) is 17.0 Å². The second-order valence-corrected chi connectivity index (χ2v) is 12.9. The Labute approximate surface area is 257 Å². The fraction of sp³-hybridized carbons (Fsp3) is 0.387. The van der Waals surface area contributed by atoms with E-state index in [2.05, 4.69) is 5.32 Å². The highest BCUT2D eigenvalue weighted by atomic mass is 32.2. The molecule has 1 heterocycles. The van der Waals surface area contributed by atoms with Crippen molar-refractivity contribution in [3.8, 4) is 5.75 Å². The van der Waals surface area contributed by atoms with Gasteiger partial charge in [0.05, 0.1) is 48.1 Å². The third-order valence-corrected chi connectivity index (χ3v) is 9.11. The number of carbonyl (C=O) groups excluding carboxylic acids is 1. The van der Waals surface area contributed by atoms with E-state index in [1.807, 2.05) is 0 Å². The van der Waals surface area contributed by atoms with Gasteiger partial charge in [-0.05, 0) is 66.2 Å². The topological polar surface area (TPSA) is 105 Å². The number of nitrogens with one attached hydrogen (secondary N) is 1. The smallest absolute Gasteiger partial charge is 0.416 e. The van der Waals surface area contributed by atoms with E-state index in [1.165, 1.54) is 55.5 Å². The summed E-state index contributed by atoms with van der Waals surface area (Å²) < 4.78 is 101. The fourth-order valence-corrected chi connectivity index (χ4v) is 5.83. The van der Waals surface area contributed by atoms with Gasteiger partial charge in [0, 0.05) is 24.6 Å². The standard InChI is InChI=1S/C31H33F5N2O6S/c1-3-45(41,42)27-14-6-20(7-15-27)28(18-39)37-29(40)21-4-10-23(11-5-21)38-17-26(16-24(38)19-43-30(2,32)33)44-25-12-8-22(9-13-25)31(34,35)36/h4-15,24,26,28,39H,3,16-19H2,1-2H3,(H,37,40)/t24-,26+,28-/m0/s1. The molecule has 14 heteroatoms. The second kappa shape index (κ2) is 13.7. The molecule has 0 bridgehead atoms. The number of benzene rings is 3. The van der Waals surface area contributed by atoms with Crippen LogP contribution in [0.5, 0.6) is 5.75 Å². The number of ether oxygens (including phenoxy) is 2. The summed E-state index contributed by atoms with van der Waals surface area (Å²) in [5, 5.41) is 12.6. The second-order valence-electron chi connectivity index (χ2n) is 10.7. The van der Waals surface area contributed by atoms with Gasteiger partial charge in [0.2, 0.25) is 0 Å². The summed E-state index contributed by atoms with van der Waals surface area (Å²) in [5.41, 5.74) is 0.495. The molecule has 3 aromatic rings. The van der Waals surface area contributed by atoms with Gasteiger partial charge in [-0.15, -0.1) is 0 Å². The van der Waals surface area contributed by atoms with E-state index in [4.69, 9.17) is 9.47 Å². The van der Waals surface area contributed by atoms with Crippen molar-refractivity contribution in [2.24, 2.45) is 0 Å². The van der Waals surface area contributed by atoms with Crippen molar-refractivity contribution in [2.75, 3.05) is 30.4 Å². The Hall–Kier alpha value is -3.75. The van der Waals surface area contributed by atoms with Crippen molar-refractivity contribution in [2.45, 2.75) is 55.6 Å². The summed E-state index contributed by atoms with van der Waals surface area (Å²) >= 11 is 0. The monoisotopic (exact) mass is 656 g/mol. The van der Waals surface area contributed by atoms with Gasteiger partial charge in [-0.1, -0.05) is 19.1 Å². The molecular formula is C31H33F5N2O6S. The highest BCUT2D eigenvalue weighted by molar-refractivity contribution is 7.91. The number of hydrogen-bond acceptors (Lipinski definition) is 7. The minimum absolute atomic E-state index is 0.0639. The first kappa shape index (κ1) is 34.1. The lowest BCUT2D eigenvalue weighted by atomic mass is 10.1. The highest BCUT2D eigenvalue weighted by Crippen LogP contribution is 2.33. The summed E-state index contributed by atoms with van der Waals surface area (Å²) in [6, 6.07) is 15.0. The highest BCUT2D eigenvalue weighted by Gasteiger charge is 2.36. The van der Waals surface area contributed by atoms with Crippen LogP contribution in [-0.4, -0.2) is 63.2 Å². The molecule has 1 aliphatic rings. The maximum atomic E-state index is 13.5. The van der Waals surface area contributed by atoms with Gasteiger partial charge in [0.1, 0.15) is 11.9 Å². The van der Waals surface area contributed by atoms with E-state index in [9.17, 15) is 40.3 Å². The number of carbonyl (C=O) groups is 1. The van der Waals surface area contributed by atoms with E-state index >= 15 is 0 Å². The van der Waals surface area contributed by atoms with Gasteiger partial charge < -0.3 is 24.8 Å². The summed E-state index contributed by atoms with van der Waals surface area (Å²) in [7, 11) is -3.41. The molecule has 4 rings (SSSR count). The molecule has 0 saturated carbocycles. The summed E-state index contributed by atoms with van der Waals surface area (Å²) in [4.78, 5) is 14.9. The minimum atomic E-state index is -4.50. The van der Waals surface area contributed by atoms with Gasteiger partial charge in [0.15, 0.2) is 9.84 Å². The molecule has 8 nitrogen and oxygen atoms in total. The SMILES string of the molecule is CCS(=O)(=O)c1ccc([C@H](CO)NC(=O)c2ccc(N3C[C@H](Oc4ccc(C(F)(F)F)cc4)C[C@H]3COC(C)(F)F)cc2)cc1. The number of aliphatic hydroxyl groups excluding tert-OH is 1. The molecule has 1 saturated heterocycles. The van der Waals surface area contributed by atoms with Crippen molar-refractivity contribution in [1.29, 1.82) is 0 Å². The summed E-state index contributed by atoms with van der Waals surface area (Å²) in [6.07, 6.45) is -8.18. The van der Waals surface area contributed by atoms with Crippen LogP contribution in [0, 0.1) is 0 Å². The number of aliphatic hydroxyl groups is 1. The number of anilines is 1. The lowest BCUT2D eigenvalue weighted by molar-refractivity contribution is -0.225. The maximum absolute atomic E-state index is 13.5. The van der Waals surface area contributed by atoms with E-state index in [0.29, 0.717) is 18.2 Å². The van der Waals surface area contributed by atoms with Gasteiger partial charge in [0.25, 0.3) is 5.91 Å². The Morgan fingerprint density at radius 3 is 2.16 bits per heavy atom. The largest absolute Gasteiger partial charge is 0.489 e. The molecule has 45 heavy (non-hydrogen) atoms. The average Bonchev–Trinajstić information content (AvgIpc) is 3.40. The lowest BCUT2D eigenvalue weighted by Crippen LogP contribution is -2.35. The predicted octanol–water partition coefficient (Wildman–Crippen LogP) is 5.62. The van der Waals surface area contributed by atoms with Crippen molar-refractivity contribution in [3.05, 3.63) is 89.5 Å². The van der Waals surface area contributed by atoms with Gasteiger partial charge in [-0.3, -0.25) is 4.79 Å². The molecule has 0 aliphatic carbocycles. The first-order valence-electron chi connectivity index (χ1n) is 14.1. The molecule has 0 radical (unpaired) electrons. The zero-order valence-electron chi connectivity index (χ0n) is 24.4. The van der Waals surface area contributed by atoms with Crippen molar-refractivity contribution < 1.29 is 49.7 Å². The number of halogens is 5. The van der Waals surface area contributed by atoms with Crippen LogP contribution in [0.4, 0.5) is 27.6 Å². The molecule has 0 spiro atoms. The lowest BCUT2D eigenvalue weighted by Gasteiger charge is -2.27. The van der Waals surface area contributed by atoms with Crippen molar-refractivity contribution >= 4 is 21.4 Å². The number of hydrogen-bond donors (Lipinski definition) is 2. The van der Waals surface area contributed by atoms with Crippen LogP contribution in [0.3, 0.4) is 0 Å². The van der Waals surface area contributed by atoms with Crippen LogP contribution in [0.2, 0.25) is 0 Å². The Kier molecular flexibility index (Phi) is 10.4. The van der Waals surface area contributed by atoms with Crippen LogP contribution in [0.25, 0.3) is 0 Å². The molecule has 3 aromatic carbocycles. The first-order chi connectivity index (χ1) is 21.1. The number of sulfone groups is 1. The maximum Gasteiger partial charge on any atom is 0.416 e. The molecule has 1 aliphatic heterocycles. The van der Waals surface area contributed by atoms with Crippen molar-refractivity contribution in [3.63, 3.8) is 0 Å². The molecule has 244 valence electrons. The van der Waals surface area contributed by atoms with Gasteiger partial charge >= 0.3 is 12.3 Å². The van der Waals surface area contributed by atoms with Crippen LogP contribution in [-0.2, 0) is 20.8 Å². The first-order valence-corrected chi connectivity index (χ1v) is 15.7. The minimum Gasteiger partial charge on any atom is -0.489 e. The zero-order chi connectivity index (χ0) is 33.0. The van der Waals surface area contributed by atoms with Crippen LogP contribution >= 0.6 is 0 Å². The third kappa shape index (κ3) is 8.92. The Morgan fingerprint density at radius 2 is 1.62 bits per heavy atom. The van der Waals surface area contributed by atoms with Crippen LogP contribution in [0.15, 0.2) is 77.7 Å². The predicted molar refractivity (Wildman–Crippen MR) is 156 cm³/mol. The number of amides is 1. The van der Waals surface area contributed by atoms with E-state index in [-0.39, 0.29) is 41.5 Å². The fourth-order valence-electron chi connectivity index (χ4n) is 4.95. The Balaban J connectivity index is 1.45. The van der Waals surface area contributed by atoms with Gasteiger partial charge in [-0.2, -0.15) is 22.0 Å². The molecule has 2 N–H and O–H groups in total. The normalized spacial score (nSPS) is 18.1. The number of rotatable bonds is 12. The molecule has 1 fully saturated rings. The summed E-state index contributed by atoms with van der Waals surface area (Å²) in [6.45, 7) is 1.57. The molecule has 3 atom stereocenters. The van der Waals surface area contributed by atoms with Gasteiger partial charge in [-0.25, -0.2) is 8.42 Å². The van der Waals surface area contributed by atoms with Crippen LogP contribution < -0.4 is 15.0 Å². The van der Waals surface area contributed by atoms with Crippen LogP contribution in [0.1, 0.15) is 47.8 Å².